The van der Waals surface area contributed by atoms with Crippen LogP contribution in [-0.4, -0.2) is 74.4 Å². The smallest absolute Gasteiger partial charge is 0.354 e. The summed E-state index contributed by atoms with van der Waals surface area (Å²) in [6.07, 6.45) is 0. The summed E-state index contributed by atoms with van der Waals surface area (Å²) in [5.41, 5.74) is 1.18. The molecule has 3 rings (SSSR count). The van der Waals surface area contributed by atoms with Crippen LogP contribution < -0.4 is 14.5 Å². The van der Waals surface area contributed by atoms with Gasteiger partial charge in [0.25, 0.3) is 0 Å². The molecule has 2 aromatic rings. The highest BCUT2D eigenvalue weighted by Crippen LogP contribution is 2.29. The van der Waals surface area contributed by atoms with Crippen LogP contribution in [0.2, 0.25) is 0 Å². The molecule has 0 saturated carbocycles. The van der Waals surface area contributed by atoms with E-state index in [1.807, 2.05) is 38.4 Å². The summed E-state index contributed by atoms with van der Waals surface area (Å²) in [6.45, 7) is 4.73. The third kappa shape index (κ3) is 4.89. The third-order valence-corrected chi connectivity index (χ3v) is 4.56. The second-order valence-corrected chi connectivity index (χ2v) is 6.78. The van der Waals surface area contributed by atoms with Gasteiger partial charge in [-0.05, 0) is 38.4 Å². The van der Waals surface area contributed by atoms with Crippen LogP contribution in [0.3, 0.4) is 0 Å². The van der Waals surface area contributed by atoms with Gasteiger partial charge in [-0.25, -0.2) is 9.78 Å². The van der Waals surface area contributed by atoms with Gasteiger partial charge in [0.05, 0.1) is 5.69 Å². The van der Waals surface area contributed by atoms with Crippen LogP contribution in [0.4, 0.5) is 11.5 Å². The van der Waals surface area contributed by atoms with Crippen molar-refractivity contribution < 1.29 is 14.6 Å². The molecule has 1 saturated heterocycles. The zero-order chi connectivity index (χ0) is 19.2. The van der Waals surface area contributed by atoms with Crippen molar-refractivity contribution >= 4 is 17.5 Å². The minimum absolute atomic E-state index is 0.0783. The Morgan fingerprint density at radius 2 is 1.78 bits per heavy atom. The van der Waals surface area contributed by atoms with E-state index in [-0.39, 0.29) is 5.69 Å². The largest absolute Gasteiger partial charge is 0.490 e. The molecule has 2 heterocycles. The lowest BCUT2D eigenvalue weighted by Crippen LogP contribution is -2.47. The van der Waals surface area contributed by atoms with E-state index in [1.165, 1.54) is 6.07 Å². The van der Waals surface area contributed by atoms with Gasteiger partial charge in [0.2, 0.25) is 0 Å². The molecule has 27 heavy (non-hydrogen) atoms. The molecule has 1 aliphatic rings. The van der Waals surface area contributed by atoms with E-state index in [0.717, 1.165) is 44.2 Å². The van der Waals surface area contributed by atoms with Crippen LogP contribution in [0.15, 0.2) is 42.5 Å². The second kappa shape index (κ2) is 8.73. The number of hydrogen-bond acceptors (Lipinski definition) is 6. The van der Waals surface area contributed by atoms with Gasteiger partial charge < -0.3 is 24.5 Å². The summed E-state index contributed by atoms with van der Waals surface area (Å²) >= 11 is 0. The first kappa shape index (κ1) is 19.0. The van der Waals surface area contributed by atoms with Crippen LogP contribution in [0.1, 0.15) is 10.5 Å². The van der Waals surface area contributed by atoms with E-state index in [1.54, 1.807) is 6.07 Å². The zero-order valence-corrected chi connectivity index (χ0v) is 15.8. The van der Waals surface area contributed by atoms with Crippen molar-refractivity contribution in [2.75, 3.05) is 63.2 Å². The fourth-order valence-corrected chi connectivity index (χ4v) is 3.07. The quantitative estimate of drug-likeness (QED) is 0.800. The van der Waals surface area contributed by atoms with Crippen LogP contribution in [0.5, 0.6) is 5.75 Å². The number of carboxylic acid groups (broad SMARTS) is 1. The highest BCUT2D eigenvalue weighted by molar-refractivity contribution is 5.85. The molecule has 7 nitrogen and oxygen atoms in total. The summed E-state index contributed by atoms with van der Waals surface area (Å²) in [6, 6.07) is 13.2. The zero-order valence-electron chi connectivity index (χ0n) is 15.8. The molecular weight excluding hydrogens is 344 g/mol. The predicted octanol–water partition coefficient (Wildman–Crippen LogP) is 2.05. The third-order valence-electron chi connectivity index (χ3n) is 4.56. The van der Waals surface area contributed by atoms with Gasteiger partial charge >= 0.3 is 5.97 Å². The molecule has 0 unspecified atom stereocenters. The van der Waals surface area contributed by atoms with Crippen LogP contribution in [0.25, 0.3) is 0 Å². The van der Waals surface area contributed by atoms with Crippen molar-refractivity contribution in [3.8, 4) is 5.75 Å². The molecule has 0 spiro atoms. The van der Waals surface area contributed by atoms with Crippen molar-refractivity contribution in [2.45, 2.75) is 0 Å². The molecule has 144 valence electrons. The standard InChI is InChI=1S/C20H26N4O3/c1-22(2)14-15-27-18-8-4-3-7-17(18)23-10-12-24(13-11-23)19-9-5-6-16(21-19)20(25)26/h3-9H,10-15H2,1-2H3,(H,25,26). The van der Waals surface area contributed by atoms with Crippen molar-refractivity contribution in [3.05, 3.63) is 48.2 Å². The number of benzene rings is 1. The number of anilines is 2. The van der Waals surface area contributed by atoms with E-state index < -0.39 is 5.97 Å². The number of ether oxygens (including phenoxy) is 1. The molecule has 0 bridgehead atoms. The number of para-hydroxylation sites is 2. The topological polar surface area (TPSA) is 69.1 Å². The molecule has 0 aliphatic carbocycles. The normalized spacial score (nSPS) is 14.5. The number of carboxylic acids is 1. The minimum Gasteiger partial charge on any atom is -0.490 e. The SMILES string of the molecule is CN(C)CCOc1ccccc1N1CCN(c2cccc(C(=O)O)n2)CC1. The highest BCUT2D eigenvalue weighted by atomic mass is 16.5. The number of nitrogens with zero attached hydrogens (tertiary/aromatic N) is 4. The van der Waals surface area contributed by atoms with Gasteiger partial charge in [0, 0.05) is 32.7 Å². The molecule has 0 atom stereocenters. The van der Waals surface area contributed by atoms with Gasteiger partial charge in [-0.3, -0.25) is 0 Å². The Bertz CT molecular complexity index is 773. The fourth-order valence-electron chi connectivity index (χ4n) is 3.07. The van der Waals surface area contributed by atoms with Gasteiger partial charge in [-0.2, -0.15) is 0 Å². The summed E-state index contributed by atoms with van der Waals surface area (Å²) in [5.74, 6) is 0.614. The number of rotatable bonds is 7. The molecule has 1 aromatic heterocycles. The van der Waals surface area contributed by atoms with Crippen molar-refractivity contribution in [1.29, 1.82) is 0 Å². The Balaban J connectivity index is 1.64. The van der Waals surface area contributed by atoms with E-state index in [4.69, 9.17) is 9.84 Å². The van der Waals surface area contributed by atoms with Crippen molar-refractivity contribution in [1.82, 2.24) is 9.88 Å². The number of aromatic carboxylic acids is 1. The molecule has 1 aliphatic heterocycles. The van der Waals surface area contributed by atoms with Gasteiger partial charge in [0.1, 0.15) is 18.2 Å². The maximum Gasteiger partial charge on any atom is 0.354 e. The number of likely N-dealkylation sites (N-methyl/N-ethyl adjacent to an activating group) is 1. The molecule has 1 N–H and O–H groups in total. The maximum atomic E-state index is 11.1. The van der Waals surface area contributed by atoms with Gasteiger partial charge in [-0.15, -0.1) is 0 Å². The first-order valence-corrected chi connectivity index (χ1v) is 9.11. The molecule has 7 heteroatoms. The minimum atomic E-state index is -1.00. The number of piperazine rings is 1. The number of hydrogen-bond donors (Lipinski definition) is 1. The fraction of sp³-hybridized carbons (Fsp3) is 0.400. The van der Waals surface area contributed by atoms with E-state index in [9.17, 15) is 4.79 Å². The Morgan fingerprint density at radius 1 is 1.07 bits per heavy atom. The van der Waals surface area contributed by atoms with Crippen molar-refractivity contribution in [3.63, 3.8) is 0 Å². The first-order valence-electron chi connectivity index (χ1n) is 9.11. The Morgan fingerprint density at radius 3 is 2.48 bits per heavy atom. The highest BCUT2D eigenvalue weighted by Gasteiger charge is 2.21. The van der Waals surface area contributed by atoms with Crippen molar-refractivity contribution in [2.24, 2.45) is 0 Å². The number of carbonyl (C=O) groups is 1. The number of aromatic nitrogens is 1. The van der Waals surface area contributed by atoms with Gasteiger partial charge in [0.15, 0.2) is 5.69 Å². The average Bonchev–Trinajstić information content (AvgIpc) is 2.68. The molecule has 1 aromatic carbocycles. The summed E-state index contributed by atoms with van der Waals surface area (Å²) in [5, 5.41) is 9.13. The van der Waals surface area contributed by atoms with Crippen LogP contribution in [0, 0.1) is 0 Å². The van der Waals surface area contributed by atoms with E-state index in [0.29, 0.717) is 12.4 Å². The van der Waals surface area contributed by atoms with Crippen LogP contribution in [-0.2, 0) is 0 Å². The molecule has 0 amide bonds. The van der Waals surface area contributed by atoms with E-state index in [2.05, 4.69) is 25.8 Å². The Kier molecular flexibility index (Phi) is 6.13. The summed E-state index contributed by atoms with van der Waals surface area (Å²) in [7, 11) is 4.06. The molecule has 0 radical (unpaired) electrons. The summed E-state index contributed by atoms with van der Waals surface area (Å²) < 4.78 is 5.98. The molecule has 1 fully saturated rings. The van der Waals surface area contributed by atoms with E-state index >= 15 is 0 Å². The summed E-state index contributed by atoms with van der Waals surface area (Å²) in [4.78, 5) is 21.9. The Hall–Kier alpha value is -2.80. The maximum absolute atomic E-state index is 11.1. The lowest BCUT2D eigenvalue weighted by Gasteiger charge is -2.37. The monoisotopic (exact) mass is 370 g/mol. The first-order chi connectivity index (χ1) is 13.0. The van der Waals surface area contributed by atoms with Gasteiger partial charge in [-0.1, -0.05) is 18.2 Å². The second-order valence-electron chi connectivity index (χ2n) is 6.78. The predicted molar refractivity (Wildman–Crippen MR) is 106 cm³/mol. The molecular formula is C20H26N4O3. The average molecular weight is 370 g/mol. The lowest BCUT2D eigenvalue weighted by atomic mass is 10.2. The van der Waals surface area contributed by atoms with Crippen LogP contribution >= 0.6 is 0 Å². The lowest BCUT2D eigenvalue weighted by molar-refractivity contribution is 0.0690. The Labute approximate surface area is 159 Å². The number of pyridine rings is 1.